The first-order valence-corrected chi connectivity index (χ1v) is 6.56. The molecule has 2 aliphatic rings. The lowest BCUT2D eigenvalue weighted by Crippen LogP contribution is -2.63. The van der Waals surface area contributed by atoms with E-state index in [0.717, 1.165) is 26.2 Å². The fourth-order valence-corrected chi connectivity index (χ4v) is 2.94. The highest BCUT2D eigenvalue weighted by molar-refractivity contribution is 5.80. The van der Waals surface area contributed by atoms with Crippen LogP contribution in [0.4, 0.5) is 5.69 Å². The van der Waals surface area contributed by atoms with Gasteiger partial charge in [-0.1, -0.05) is 18.2 Å². The van der Waals surface area contributed by atoms with Crippen molar-refractivity contribution in [3.8, 4) is 0 Å². The van der Waals surface area contributed by atoms with Crippen molar-refractivity contribution in [1.82, 2.24) is 10.2 Å². The van der Waals surface area contributed by atoms with Crippen LogP contribution >= 0.6 is 0 Å². The number of amides is 1. The number of aryl methyl sites for hydroxylation is 1. The number of piperazine rings is 2. The number of rotatable bonds is 1. The summed E-state index contributed by atoms with van der Waals surface area (Å²) in [5, 5.41) is 3.20. The van der Waals surface area contributed by atoms with Crippen LogP contribution in [0.1, 0.15) is 5.56 Å². The van der Waals surface area contributed by atoms with E-state index in [2.05, 4.69) is 41.4 Å². The maximum Gasteiger partial charge on any atom is 0.236 e. The van der Waals surface area contributed by atoms with Crippen molar-refractivity contribution in [3.63, 3.8) is 0 Å². The van der Waals surface area contributed by atoms with Gasteiger partial charge in [-0.3, -0.25) is 4.79 Å². The van der Waals surface area contributed by atoms with Gasteiger partial charge < -0.3 is 15.1 Å². The van der Waals surface area contributed by atoms with Crippen LogP contribution in [0.5, 0.6) is 0 Å². The Labute approximate surface area is 108 Å². The summed E-state index contributed by atoms with van der Waals surface area (Å²) in [6.45, 7) is 6.27. The zero-order valence-electron chi connectivity index (χ0n) is 10.7. The third-order valence-corrected chi connectivity index (χ3v) is 3.92. The minimum atomic E-state index is 0.246. The van der Waals surface area contributed by atoms with E-state index >= 15 is 0 Å². The molecule has 2 fully saturated rings. The van der Waals surface area contributed by atoms with Crippen molar-refractivity contribution in [2.75, 3.05) is 37.6 Å². The number of nitrogens with one attached hydrogen (secondary N) is 1. The molecule has 1 N–H and O–H groups in total. The number of hydrogen-bond acceptors (Lipinski definition) is 3. The Morgan fingerprint density at radius 1 is 1.28 bits per heavy atom. The van der Waals surface area contributed by atoms with Crippen LogP contribution in [0, 0.1) is 6.92 Å². The lowest BCUT2D eigenvalue weighted by atomic mass is 10.1. The molecule has 3 rings (SSSR count). The van der Waals surface area contributed by atoms with Gasteiger partial charge in [-0.05, 0) is 18.6 Å². The van der Waals surface area contributed by atoms with E-state index in [1.165, 1.54) is 11.3 Å². The summed E-state index contributed by atoms with van der Waals surface area (Å²) < 4.78 is 0. The van der Waals surface area contributed by atoms with Gasteiger partial charge in [-0.15, -0.1) is 0 Å². The van der Waals surface area contributed by atoms with Gasteiger partial charge >= 0.3 is 0 Å². The summed E-state index contributed by atoms with van der Waals surface area (Å²) in [6, 6.07) is 8.79. The number of anilines is 1. The molecule has 96 valence electrons. The third kappa shape index (κ3) is 1.97. The molecule has 0 bridgehead atoms. The fraction of sp³-hybridized carbons (Fsp3) is 0.500. The SMILES string of the molecule is Cc1ccccc1N1CCN2C(=O)CNCC2C1. The van der Waals surface area contributed by atoms with Gasteiger partial charge in [0, 0.05) is 31.9 Å². The van der Waals surface area contributed by atoms with Gasteiger partial charge in [0.25, 0.3) is 0 Å². The highest BCUT2D eigenvalue weighted by Gasteiger charge is 2.33. The average molecular weight is 245 g/mol. The van der Waals surface area contributed by atoms with E-state index in [-0.39, 0.29) is 5.91 Å². The Kier molecular flexibility index (Phi) is 2.96. The Morgan fingerprint density at radius 3 is 2.94 bits per heavy atom. The topological polar surface area (TPSA) is 35.6 Å². The number of para-hydroxylation sites is 1. The first-order valence-electron chi connectivity index (χ1n) is 6.56. The van der Waals surface area contributed by atoms with Gasteiger partial charge in [-0.2, -0.15) is 0 Å². The molecule has 2 aliphatic heterocycles. The average Bonchev–Trinajstić information content (AvgIpc) is 2.39. The summed E-state index contributed by atoms with van der Waals surface area (Å²) >= 11 is 0. The normalized spacial score (nSPS) is 24.1. The lowest BCUT2D eigenvalue weighted by Gasteiger charge is -2.45. The van der Waals surface area contributed by atoms with Crippen molar-refractivity contribution in [3.05, 3.63) is 29.8 Å². The van der Waals surface area contributed by atoms with E-state index in [1.54, 1.807) is 0 Å². The molecular weight excluding hydrogens is 226 g/mol. The number of fused-ring (bicyclic) bond motifs is 1. The molecule has 0 aromatic heterocycles. The van der Waals surface area contributed by atoms with E-state index in [0.29, 0.717) is 12.6 Å². The molecule has 4 heteroatoms. The van der Waals surface area contributed by atoms with Gasteiger partial charge in [0.05, 0.1) is 12.6 Å². The molecule has 0 aliphatic carbocycles. The number of nitrogens with zero attached hydrogens (tertiary/aromatic N) is 2. The van der Waals surface area contributed by atoms with Crippen LogP contribution in [0.2, 0.25) is 0 Å². The standard InChI is InChI=1S/C14H19N3O/c1-11-4-2-3-5-13(11)16-6-7-17-12(10-16)8-15-9-14(17)18/h2-5,12,15H,6-10H2,1H3. The molecule has 0 saturated carbocycles. The quantitative estimate of drug-likeness (QED) is 0.787. The molecular formula is C14H19N3O. The first-order chi connectivity index (χ1) is 8.75. The summed E-state index contributed by atoms with van der Waals surface area (Å²) in [5.74, 6) is 0.246. The predicted octanol–water partition coefficient (Wildman–Crippen LogP) is 0.615. The highest BCUT2D eigenvalue weighted by Crippen LogP contribution is 2.23. The molecule has 1 aromatic rings. The van der Waals surface area contributed by atoms with E-state index in [4.69, 9.17) is 0 Å². The van der Waals surface area contributed by atoms with Crippen molar-refractivity contribution >= 4 is 11.6 Å². The molecule has 18 heavy (non-hydrogen) atoms. The van der Waals surface area contributed by atoms with Crippen LogP contribution in [0.3, 0.4) is 0 Å². The largest absolute Gasteiger partial charge is 0.367 e. The second-order valence-corrected chi connectivity index (χ2v) is 5.10. The zero-order valence-corrected chi connectivity index (χ0v) is 10.7. The summed E-state index contributed by atoms with van der Waals surface area (Å²) in [5.41, 5.74) is 2.61. The van der Waals surface area contributed by atoms with E-state index in [1.807, 2.05) is 4.90 Å². The van der Waals surface area contributed by atoms with Gasteiger partial charge in [0.1, 0.15) is 0 Å². The molecule has 2 heterocycles. The minimum absolute atomic E-state index is 0.246. The van der Waals surface area contributed by atoms with Crippen LogP contribution in [0.15, 0.2) is 24.3 Å². The fourth-order valence-electron chi connectivity index (χ4n) is 2.94. The van der Waals surface area contributed by atoms with Crippen LogP contribution in [-0.4, -0.2) is 49.6 Å². The molecule has 1 aromatic carbocycles. The van der Waals surface area contributed by atoms with Crippen molar-refractivity contribution in [1.29, 1.82) is 0 Å². The Morgan fingerprint density at radius 2 is 2.11 bits per heavy atom. The molecule has 1 atom stereocenters. The zero-order chi connectivity index (χ0) is 12.5. The van der Waals surface area contributed by atoms with Crippen molar-refractivity contribution < 1.29 is 4.79 Å². The second kappa shape index (κ2) is 4.61. The Bertz CT molecular complexity index is 460. The summed E-state index contributed by atoms with van der Waals surface area (Å²) in [7, 11) is 0. The monoisotopic (exact) mass is 245 g/mol. The summed E-state index contributed by atoms with van der Waals surface area (Å²) in [6.07, 6.45) is 0. The molecule has 0 spiro atoms. The maximum absolute atomic E-state index is 11.8. The number of carbonyl (C=O) groups is 1. The lowest BCUT2D eigenvalue weighted by molar-refractivity contribution is -0.135. The Balaban J connectivity index is 1.78. The van der Waals surface area contributed by atoms with Gasteiger partial charge in [0.2, 0.25) is 5.91 Å². The Hall–Kier alpha value is -1.55. The highest BCUT2D eigenvalue weighted by atomic mass is 16.2. The molecule has 1 amide bonds. The molecule has 1 unspecified atom stereocenters. The van der Waals surface area contributed by atoms with Crippen molar-refractivity contribution in [2.45, 2.75) is 13.0 Å². The van der Waals surface area contributed by atoms with E-state index in [9.17, 15) is 4.79 Å². The first kappa shape index (κ1) is 11.5. The minimum Gasteiger partial charge on any atom is -0.367 e. The molecule has 4 nitrogen and oxygen atoms in total. The summed E-state index contributed by atoms with van der Waals surface area (Å²) in [4.78, 5) is 16.2. The number of benzene rings is 1. The smallest absolute Gasteiger partial charge is 0.236 e. The third-order valence-electron chi connectivity index (χ3n) is 3.92. The van der Waals surface area contributed by atoms with E-state index < -0.39 is 0 Å². The van der Waals surface area contributed by atoms with Crippen LogP contribution in [-0.2, 0) is 4.79 Å². The number of hydrogen-bond donors (Lipinski definition) is 1. The maximum atomic E-state index is 11.8. The number of carbonyl (C=O) groups excluding carboxylic acids is 1. The predicted molar refractivity (Wildman–Crippen MR) is 71.8 cm³/mol. The van der Waals surface area contributed by atoms with Gasteiger partial charge in [0.15, 0.2) is 0 Å². The van der Waals surface area contributed by atoms with Crippen LogP contribution in [0.25, 0.3) is 0 Å². The van der Waals surface area contributed by atoms with Gasteiger partial charge in [-0.25, -0.2) is 0 Å². The second-order valence-electron chi connectivity index (χ2n) is 5.10. The molecule has 0 radical (unpaired) electrons. The van der Waals surface area contributed by atoms with Crippen molar-refractivity contribution in [2.24, 2.45) is 0 Å². The molecule has 2 saturated heterocycles. The van der Waals surface area contributed by atoms with Crippen LogP contribution < -0.4 is 10.2 Å².